The number of nitrogens with zero attached hydrogens (tertiary/aromatic N) is 1. The van der Waals surface area contributed by atoms with Gasteiger partial charge in [-0.25, -0.2) is 9.37 Å². The molecule has 1 aromatic carbocycles. The molecule has 0 aliphatic rings. The first kappa shape index (κ1) is 12.0. The van der Waals surface area contributed by atoms with Gasteiger partial charge in [0.1, 0.15) is 5.01 Å². The molecule has 1 N–H and O–H groups in total. The lowest BCUT2D eigenvalue weighted by atomic mass is 10.2. The van der Waals surface area contributed by atoms with Gasteiger partial charge in [-0.3, -0.25) is 0 Å². The molecule has 0 aliphatic carbocycles. The van der Waals surface area contributed by atoms with Gasteiger partial charge in [0.15, 0.2) is 11.6 Å². The SMILES string of the molecule is COc1ccc(-c2ncc(CCO)s2)cc1F. The first-order valence-corrected chi connectivity index (χ1v) is 5.95. The average molecular weight is 253 g/mol. The maximum absolute atomic E-state index is 13.5. The van der Waals surface area contributed by atoms with Crippen LogP contribution >= 0.6 is 11.3 Å². The van der Waals surface area contributed by atoms with Crippen LogP contribution in [0.1, 0.15) is 4.88 Å². The quantitative estimate of drug-likeness (QED) is 0.910. The minimum atomic E-state index is -0.399. The molecule has 0 saturated heterocycles. The standard InChI is InChI=1S/C12H12FNO2S/c1-16-11-3-2-8(6-10(11)13)12-14-7-9(17-12)4-5-15/h2-3,6-7,15H,4-5H2,1H3. The third-order valence-corrected chi connectivity index (χ3v) is 3.42. The van der Waals surface area contributed by atoms with Crippen molar-refractivity contribution in [1.29, 1.82) is 0 Å². The summed E-state index contributed by atoms with van der Waals surface area (Å²) in [7, 11) is 1.43. The van der Waals surface area contributed by atoms with Gasteiger partial charge in [0, 0.05) is 29.7 Å². The summed E-state index contributed by atoms with van der Waals surface area (Å²) in [4.78, 5) is 5.19. The average Bonchev–Trinajstić information content (AvgIpc) is 2.78. The Morgan fingerprint density at radius 1 is 1.47 bits per heavy atom. The largest absolute Gasteiger partial charge is 0.494 e. The van der Waals surface area contributed by atoms with Crippen LogP contribution in [0.3, 0.4) is 0 Å². The van der Waals surface area contributed by atoms with Crippen molar-refractivity contribution < 1.29 is 14.2 Å². The van der Waals surface area contributed by atoms with Crippen LogP contribution in [0, 0.1) is 5.82 Å². The summed E-state index contributed by atoms with van der Waals surface area (Å²) in [6.07, 6.45) is 2.29. The fourth-order valence-electron chi connectivity index (χ4n) is 1.47. The summed E-state index contributed by atoms with van der Waals surface area (Å²) in [6.45, 7) is 0.0958. The third-order valence-electron chi connectivity index (χ3n) is 2.31. The number of aromatic nitrogens is 1. The van der Waals surface area contributed by atoms with E-state index in [9.17, 15) is 4.39 Å². The zero-order valence-electron chi connectivity index (χ0n) is 9.31. The van der Waals surface area contributed by atoms with Gasteiger partial charge in [-0.2, -0.15) is 0 Å². The van der Waals surface area contributed by atoms with Crippen molar-refractivity contribution in [3.8, 4) is 16.3 Å². The van der Waals surface area contributed by atoms with Gasteiger partial charge >= 0.3 is 0 Å². The first-order chi connectivity index (χ1) is 8.24. The Balaban J connectivity index is 2.29. The van der Waals surface area contributed by atoms with Crippen molar-refractivity contribution in [3.05, 3.63) is 35.1 Å². The first-order valence-electron chi connectivity index (χ1n) is 5.14. The molecule has 3 nitrogen and oxygen atoms in total. The van der Waals surface area contributed by atoms with E-state index >= 15 is 0 Å². The van der Waals surface area contributed by atoms with Crippen LogP contribution in [0.15, 0.2) is 24.4 Å². The van der Waals surface area contributed by atoms with E-state index in [1.54, 1.807) is 18.3 Å². The van der Waals surface area contributed by atoms with E-state index in [4.69, 9.17) is 9.84 Å². The van der Waals surface area contributed by atoms with E-state index in [1.807, 2.05) is 0 Å². The van der Waals surface area contributed by atoms with Crippen LogP contribution in [0.5, 0.6) is 5.75 Å². The zero-order chi connectivity index (χ0) is 12.3. The molecule has 5 heteroatoms. The van der Waals surface area contributed by atoms with Gasteiger partial charge in [0.05, 0.1) is 7.11 Å². The van der Waals surface area contributed by atoms with E-state index in [2.05, 4.69) is 4.98 Å². The topological polar surface area (TPSA) is 42.4 Å². The highest BCUT2D eigenvalue weighted by atomic mass is 32.1. The summed E-state index contributed by atoms with van der Waals surface area (Å²) in [5.74, 6) is -0.176. The van der Waals surface area contributed by atoms with Crippen LogP contribution in [0.25, 0.3) is 10.6 Å². The van der Waals surface area contributed by atoms with Crippen LogP contribution in [-0.2, 0) is 6.42 Å². The Kier molecular flexibility index (Phi) is 3.71. The van der Waals surface area contributed by atoms with Crippen LogP contribution in [0.2, 0.25) is 0 Å². The van der Waals surface area contributed by atoms with Gasteiger partial charge in [-0.1, -0.05) is 0 Å². The second-order valence-corrected chi connectivity index (χ2v) is 4.57. The summed E-state index contributed by atoms with van der Waals surface area (Å²) in [5, 5.41) is 9.56. The molecule has 90 valence electrons. The predicted octanol–water partition coefficient (Wildman–Crippen LogP) is 2.49. The number of aliphatic hydroxyl groups excluding tert-OH is 1. The Labute approximate surface area is 103 Å². The van der Waals surface area contributed by atoms with Crippen molar-refractivity contribution in [2.45, 2.75) is 6.42 Å². The molecule has 1 heterocycles. The zero-order valence-corrected chi connectivity index (χ0v) is 10.1. The number of hydrogen-bond donors (Lipinski definition) is 1. The predicted molar refractivity (Wildman–Crippen MR) is 64.8 cm³/mol. The van der Waals surface area contributed by atoms with Crippen LogP contribution in [0.4, 0.5) is 4.39 Å². The fraction of sp³-hybridized carbons (Fsp3) is 0.250. The molecular formula is C12H12FNO2S. The van der Waals surface area contributed by atoms with Gasteiger partial charge < -0.3 is 9.84 Å². The molecule has 0 saturated carbocycles. The van der Waals surface area contributed by atoms with E-state index < -0.39 is 5.82 Å². The minimum absolute atomic E-state index is 0.0958. The molecule has 0 unspecified atom stereocenters. The molecule has 2 aromatic rings. The molecule has 0 atom stereocenters. The normalized spacial score (nSPS) is 10.5. The number of thiazole rings is 1. The van der Waals surface area contributed by atoms with Crippen molar-refractivity contribution in [2.75, 3.05) is 13.7 Å². The maximum Gasteiger partial charge on any atom is 0.165 e. The number of aliphatic hydroxyl groups is 1. The lowest BCUT2D eigenvalue weighted by Gasteiger charge is -2.02. The lowest BCUT2D eigenvalue weighted by molar-refractivity contribution is 0.300. The Morgan fingerprint density at radius 3 is 2.94 bits per heavy atom. The highest BCUT2D eigenvalue weighted by Crippen LogP contribution is 2.28. The molecule has 0 fully saturated rings. The van der Waals surface area contributed by atoms with Gasteiger partial charge in [0.2, 0.25) is 0 Å². The van der Waals surface area contributed by atoms with E-state index in [-0.39, 0.29) is 12.4 Å². The van der Waals surface area contributed by atoms with E-state index in [0.717, 1.165) is 15.4 Å². The van der Waals surface area contributed by atoms with Gasteiger partial charge in [-0.15, -0.1) is 11.3 Å². The van der Waals surface area contributed by atoms with Crippen LogP contribution in [-0.4, -0.2) is 23.8 Å². The summed E-state index contributed by atoms with van der Waals surface area (Å²) in [6, 6.07) is 4.75. The Bertz CT molecular complexity index is 513. The molecular weight excluding hydrogens is 241 g/mol. The lowest BCUT2D eigenvalue weighted by Crippen LogP contribution is -1.88. The number of methoxy groups -OCH3 is 1. The summed E-state index contributed by atoms with van der Waals surface area (Å²) in [5.41, 5.74) is 0.720. The number of hydrogen-bond acceptors (Lipinski definition) is 4. The monoisotopic (exact) mass is 253 g/mol. The minimum Gasteiger partial charge on any atom is -0.494 e. The molecule has 0 aliphatic heterocycles. The highest BCUT2D eigenvalue weighted by Gasteiger charge is 2.08. The number of halogens is 1. The van der Waals surface area contributed by atoms with Crippen molar-refractivity contribution >= 4 is 11.3 Å². The fourth-order valence-corrected chi connectivity index (χ4v) is 2.36. The molecule has 0 spiro atoms. The second kappa shape index (κ2) is 5.25. The number of ether oxygens (including phenoxy) is 1. The maximum atomic E-state index is 13.5. The van der Waals surface area contributed by atoms with Crippen molar-refractivity contribution in [1.82, 2.24) is 4.98 Å². The molecule has 0 amide bonds. The Morgan fingerprint density at radius 2 is 2.29 bits per heavy atom. The molecule has 2 rings (SSSR count). The molecule has 1 aromatic heterocycles. The number of rotatable bonds is 4. The van der Waals surface area contributed by atoms with Gasteiger partial charge in [-0.05, 0) is 18.2 Å². The molecule has 0 radical (unpaired) electrons. The molecule has 0 bridgehead atoms. The summed E-state index contributed by atoms with van der Waals surface area (Å²) >= 11 is 1.45. The third kappa shape index (κ3) is 2.62. The summed E-state index contributed by atoms with van der Waals surface area (Å²) < 4.78 is 18.4. The highest BCUT2D eigenvalue weighted by molar-refractivity contribution is 7.15. The van der Waals surface area contributed by atoms with Crippen LogP contribution < -0.4 is 4.74 Å². The second-order valence-electron chi connectivity index (χ2n) is 3.45. The van der Waals surface area contributed by atoms with Crippen molar-refractivity contribution in [3.63, 3.8) is 0 Å². The van der Waals surface area contributed by atoms with E-state index in [1.165, 1.54) is 24.5 Å². The van der Waals surface area contributed by atoms with Crippen molar-refractivity contribution in [2.24, 2.45) is 0 Å². The van der Waals surface area contributed by atoms with E-state index in [0.29, 0.717) is 6.42 Å². The van der Waals surface area contributed by atoms with Gasteiger partial charge in [0.25, 0.3) is 0 Å². The molecule has 17 heavy (non-hydrogen) atoms. The number of benzene rings is 1. The Hall–Kier alpha value is -1.46. The smallest absolute Gasteiger partial charge is 0.165 e.